The van der Waals surface area contributed by atoms with E-state index in [9.17, 15) is 20.2 Å². The van der Waals surface area contributed by atoms with Crippen LogP contribution in [0.3, 0.4) is 0 Å². The lowest BCUT2D eigenvalue weighted by molar-refractivity contribution is -0.384. The number of nitrogens with one attached hydrogen (secondary N) is 2. The van der Waals surface area contributed by atoms with Gasteiger partial charge in [0.2, 0.25) is 0 Å². The van der Waals surface area contributed by atoms with Gasteiger partial charge >= 0.3 is 0 Å². The van der Waals surface area contributed by atoms with Crippen molar-refractivity contribution in [2.75, 3.05) is 17.7 Å². The zero-order valence-corrected chi connectivity index (χ0v) is 15.7. The number of rotatable bonds is 7. The second-order valence-corrected chi connectivity index (χ2v) is 6.19. The number of nitro benzene ring substituents is 1. The molecule has 0 heterocycles. The van der Waals surface area contributed by atoms with E-state index in [2.05, 4.69) is 24.5 Å². The number of nitrogens with zero attached hydrogens (tertiary/aromatic N) is 2. The van der Waals surface area contributed by atoms with Gasteiger partial charge in [0.25, 0.3) is 11.6 Å². The lowest BCUT2D eigenvalue weighted by atomic mass is 10.0. The molecule has 0 fully saturated rings. The number of carbonyl (C=O) groups is 1. The molecule has 0 aromatic heterocycles. The maximum absolute atomic E-state index is 12.3. The Kier molecular flexibility index (Phi) is 6.71. The fourth-order valence-corrected chi connectivity index (χ4v) is 2.37. The Bertz CT molecular complexity index is 944. The molecule has 28 heavy (non-hydrogen) atoms. The van der Waals surface area contributed by atoms with Gasteiger partial charge in [-0.05, 0) is 29.7 Å². The highest BCUT2D eigenvalue weighted by Crippen LogP contribution is 2.29. The smallest absolute Gasteiger partial charge is 0.271 e. The van der Waals surface area contributed by atoms with Gasteiger partial charge in [0.1, 0.15) is 17.4 Å². The molecule has 0 aliphatic heterocycles. The fraction of sp³-hybridized carbons (Fsp3) is 0.200. The molecule has 0 spiro atoms. The van der Waals surface area contributed by atoms with E-state index < -0.39 is 10.8 Å². The van der Waals surface area contributed by atoms with Crippen LogP contribution in [0.25, 0.3) is 0 Å². The number of hydrogen-bond donors (Lipinski definition) is 2. The highest BCUT2D eigenvalue weighted by Gasteiger charge is 2.13. The van der Waals surface area contributed by atoms with Gasteiger partial charge in [-0.25, -0.2) is 0 Å². The second-order valence-electron chi connectivity index (χ2n) is 6.19. The van der Waals surface area contributed by atoms with Gasteiger partial charge in [0.15, 0.2) is 0 Å². The van der Waals surface area contributed by atoms with Gasteiger partial charge in [-0.1, -0.05) is 26.0 Å². The Morgan fingerprint density at radius 2 is 1.93 bits per heavy atom. The summed E-state index contributed by atoms with van der Waals surface area (Å²) in [5, 5.41) is 25.6. The van der Waals surface area contributed by atoms with Crippen molar-refractivity contribution in [3.63, 3.8) is 0 Å². The predicted molar refractivity (Wildman–Crippen MR) is 106 cm³/mol. The number of nitro groups is 1. The van der Waals surface area contributed by atoms with Crippen molar-refractivity contribution >= 4 is 23.0 Å². The van der Waals surface area contributed by atoms with Crippen molar-refractivity contribution in [3.05, 3.63) is 69.9 Å². The number of nitriles is 1. The first kappa shape index (κ1) is 20.5. The maximum atomic E-state index is 12.3. The summed E-state index contributed by atoms with van der Waals surface area (Å²) in [7, 11) is 1.41. The summed E-state index contributed by atoms with van der Waals surface area (Å²) >= 11 is 0. The average molecular weight is 380 g/mol. The minimum absolute atomic E-state index is 0.148. The summed E-state index contributed by atoms with van der Waals surface area (Å²) in [6.07, 6.45) is 1.18. The monoisotopic (exact) mass is 380 g/mol. The van der Waals surface area contributed by atoms with Crippen LogP contribution in [0, 0.1) is 21.4 Å². The zero-order chi connectivity index (χ0) is 20.7. The molecule has 0 aliphatic rings. The third-order valence-electron chi connectivity index (χ3n) is 3.97. The number of amides is 1. The molecular weight excluding hydrogens is 360 g/mol. The lowest BCUT2D eigenvalue weighted by Crippen LogP contribution is -2.14. The topological polar surface area (TPSA) is 117 Å². The van der Waals surface area contributed by atoms with Crippen LogP contribution in [0.4, 0.5) is 17.1 Å². The quantitative estimate of drug-likeness (QED) is 0.322. The van der Waals surface area contributed by atoms with Crippen LogP contribution in [0.5, 0.6) is 5.75 Å². The molecule has 8 nitrogen and oxygen atoms in total. The summed E-state index contributed by atoms with van der Waals surface area (Å²) in [5.74, 6) is 0.106. The minimum Gasteiger partial charge on any atom is -0.495 e. The van der Waals surface area contributed by atoms with Gasteiger partial charge in [-0.15, -0.1) is 0 Å². The first-order valence-electron chi connectivity index (χ1n) is 8.46. The molecule has 0 aliphatic carbocycles. The Morgan fingerprint density at radius 1 is 1.25 bits per heavy atom. The number of ether oxygens (including phenoxy) is 1. The standard InChI is InChI=1S/C20H20N4O4/c1-13(2)14-4-6-16(7-5-14)23-20(25)15(11-21)12-22-18-10-17(24(26)27)8-9-19(18)28-3/h4-10,12-13,22H,1-3H3,(H,23,25)/b15-12-. The molecule has 8 heteroatoms. The number of benzene rings is 2. The van der Waals surface area contributed by atoms with Crippen LogP contribution < -0.4 is 15.4 Å². The third-order valence-corrected chi connectivity index (χ3v) is 3.97. The Morgan fingerprint density at radius 3 is 2.46 bits per heavy atom. The van der Waals surface area contributed by atoms with Crippen molar-refractivity contribution in [1.29, 1.82) is 5.26 Å². The second kappa shape index (κ2) is 9.19. The van der Waals surface area contributed by atoms with Gasteiger partial charge in [0.05, 0.1) is 17.7 Å². The van der Waals surface area contributed by atoms with Crippen LogP contribution in [0.15, 0.2) is 54.2 Å². The molecule has 2 N–H and O–H groups in total. The maximum Gasteiger partial charge on any atom is 0.271 e. The summed E-state index contributed by atoms with van der Waals surface area (Å²) < 4.78 is 5.13. The molecule has 2 aromatic rings. The van der Waals surface area contributed by atoms with Crippen molar-refractivity contribution in [3.8, 4) is 11.8 Å². The van der Waals surface area contributed by atoms with Gasteiger partial charge in [-0.2, -0.15) is 5.26 Å². The highest BCUT2D eigenvalue weighted by molar-refractivity contribution is 6.06. The van der Waals surface area contributed by atoms with E-state index in [1.54, 1.807) is 12.1 Å². The van der Waals surface area contributed by atoms with E-state index in [1.165, 1.54) is 31.5 Å². The number of methoxy groups -OCH3 is 1. The summed E-state index contributed by atoms with van der Waals surface area (Å²) in [4.78, 5) is 22.7. The highest BCUT2D eigenvalue weighted by atomic mass is 16.6. The van der Waals surface area contributed by atoms with E-state index in [4.69, 9.17) is 4.74 Å². The summed E-state index contributed by atoms with van der Waals surface area (Å²) in [6.45, 7) is 4.13. The van der Waals surface area contributed by atoms with E-state index >= 15 is 0 Å². The molecule has 0 radical (unpaired) electrons. The molecule has 0 saturated carbocycles. The van der Waals surface area contributed by atoms with Crippen molar-refractivity contribution in [2.24, 2.45) is 0 Å². The molecule has 0 saturated heterocycles. The minimum atomic E-state index is -0.600. The van der Waals surface area contributed by atoms with Crippen molar-refractivity contribution in [2.45, 2.75) is 19.8 Å². The average Bonchev–Trinajstić information content (AvgIpc) is 2.68. The van der Waals surface area contributed by atoms with Crippen molar-refractivity contribution in [1.82, 2.24) is 0 Å². The number of anilines is 2. The fourth-order valence-electron chi connectivity index (χ4n) is 2.37. The van der Waals surface area contributed by atoms with Crippen LogP contribution >= 0.6 is 0 Å². The molecular formula is C20H20N4O4. The third kappa shape index (κ3) is 5.08. The molecule has 1 amide bonds. The Labute approximate surface area is 162 Å². The molecule has 0 atom stereocenters. The van der Waals surface area contributed by atoms with E-state index in [-0.39, 0.29) is 16.9 Å². The molecule has 2 rings (SSSR count). The van der Waals surface area contributed by atoms with Crippen LogP contribution in [0.1, 0.15) is 25.3 Å². The summed E-state index contributed by atoms with van der Waals surface area (Å²) in [5.41, 5.74) is 1.61. The van der Waals surface area contributed by atoms with Crippen LogP contribution in [-0.4, -0.2) is 17.9 Å². The number of non-ortho nitro benzene ring substituents is 1. The first-order valence-corrected chi connectivity index (χ1v) is 8.46. The summed E-state index contributed by atoms with van der Waals surface area (Å²) in [6, 6.07) is 13.1. The van der Waals surface area contributed by atoms with Crippen molar-refractivity contribution < 1.29 is 14.5 Å². The van der Waals surface area contributed by atoms with Crippen LogP contribution in [0.2, 0.25) is 0 Å². The van der Waals surface area contributed by atoms with Gasteiger partial charge in [0, 0.05) is 24.0 Å². The number of hydrogen-bond acceptors (Lipinski definition) is 6. The van der Waals surface area contributed by atoms with E-state index in [0.29, 0.717) is 17.4 Å². The van der Waals surface area contributed by atoms with Crippen LogP contribution in [-0.2, 0) is 4.79 Å². The van der Waals surface area contributed by atoms with E-state index in [0.717, 1.165) is 5.56 Å². The number of carbonyl (C=O) groups excluding carboxylic acids is 1. The Balaban J connectivity index is 2.17. The first-order chi connectivity index (χ1) is 13.3. The lowest BCUT2D eigenvalue weighted by Gasteiger charge is -2.09. The molecule has 0 bridgehead atoms. The zero-order valence-electron chi connectivity index (χ0n) is 15.7. The van der Waals surface area contributed by atoms with Gasteiger partial charge < -0.3 is 15.4 Å². The predicted octanol–water partition coefficient (Wildman–Crippen LogP) is 4.18. The normalized spacial score (nSPS) is 10.9. The molecule has 0 unspecified atom stereocenters. The molecule has 2 aromatic carbocycles. The molecule has 144 valence electrons. The largest absolute Gasteiger partial charge is 0.495 e. The Hall–Kier alpha value is -3.86. The van der Waals surface area contributed by atoms with Gasteiger partial charge in [-0.3, -0.25) is 14.9 Å². The SMILES string of the molecule is COc1ccc([N+](=O)[O-])cc1N/C=C(/C#N)C(=O)Nc1ccc(C(C)C)cc1. The van der Waals surface area contributed by atoms with E-state index in [1.807, 2.05) is 18.2 Å².